The molecule has 0 aliphatic rings. The Bertz CT molecular complexity index is 1250. The Labute approximate surface area is 195 Å². The van der Waals surface area contributed by atoms with Crippen LogP contribution >= 0.6 is 0 Å². The van der Waals surface area contributed by atoms with Crippen LogP contribution in [-0.4, -0.2) is 23.6 Å². The van der Waals surface area contributed by atoms with Crippen LogP contribution in [0.5, 0.6) is 11.5 Å². The van der Waals surface area contributed by atoms with E-state index in [0.717, 1.165) is 5.56 Å². The topological polar surface area (TPSA) is 109 Å². The molecule has 0 aliphatic heterocycles. The molecule has 3 aromatic carbocycles. The number of carbonyl (C=O) groups excluding carboxylic acids is 1. The van der Waals surface area contributed by atoms with Crippen molar-refractivity contribution in [2.45, 2.75) is 13.5 Å². The van der Waals surface area contributed by atoms with Gasteiger partial charge in [-0.15, -0.1) is 0 Å². The molecule has 3 aromatic rings. The lowest BCUT2D eigenvalue weighted by Crippen LogP contribution is -2.13. The molecule has 1 amide bonds. The second-order valence-corrected chi connectivity index (χ2v) is 7.06. The number of carboxylic acids is 1. The minimum atomic E-state index is -1.00. The van der Waals surface area contributed by atoms with E-state index in [1.807, 2.05) is 13.0 Å². The first-order chi connectivity index (χ1) is 16.4. The zero-order valence-electron chi connectivity index (χ0n) is 18.2. The highest BCUT2D eigenvalue weighted by Gasteiger charge is 2.12. The van der Waals surface area contributed by atoms with Gasteiger partial charge in [0.15, 0.2) is 11.5 Å². The number of nitrogens with one attached hydrogen (secondary N) is 1. The van der Waals surface area contributed by atoms with Crippen molar-refractivity contribution in [1.82, 2.24) is 0 Å². The number of benzene rings is 3. The fourth-order valence-corrected chi connectivity index (χ4v) is 2.95. The van der Waals surface area contributed by atoms with Crippen LogP contribution in [0.2, 0.25) is 0 Å². The van der Waals surface area contributed by atoms with Crippen LogP contribution in [-0.2, 0) is 11.4 Å². The molecule has 34 heavy (non-hydrogen) atoms. The van der Waals surface area contributed by atoms with Crippen LogP contribution in [0.3, 0.4) is 0 Å². The van der Waals surface area contributed by atoms with E-state index in [1.54, 1.807) is 30.3 Å². The van der Waals surface area contributed by atoms with Gasteiger partial charge in [0.05, 0.1) is 12.2 Å². The van der Waals surface area contributed by atoms with E-state index in [9.17, 15) is 19.2 Å². The standard InChI is InChI=1S/C26H21FN2O5/c1-2-33-24-14-18(13-20(15-28)25(30)29-22-10-8-21(27)9-11-22)5-12-23(24)34-16-17-3-6-19(7-4-17)26(31)32/h3-14H,2,16H2,1H3,(H,29,30)(H,31,32)/b20-13+. The molecular weight excluding hydrogens is 439 g/mol. The summed E-state index contributed by atoms with van der Waals surface area (Å²) in [7, 11) is 0. The maximum Gasteiger partial charge on any atom is 0.335 e. The van der Waals surface area contributed by atoms with Crippen LogP contribution in [0.4, 0.5) is 10.1 Å². The van der Waals surface area contributed by atoms with E-state index < -0.39 is 17.7 Å². The molecule has 0 radical (unpaired) electrons. The summed E-state index contributed by atoms with van der Waals surface area (Å²) in [6, 6.07) is 18.4. The second kappa shape index (κ2) is 11.3. The molecule has 2 N–H and O–H groups in total. The molecule has 172 valence electrons. The van der Waals surface area contributed by atoms with Crippen molar-refractivity contribution in [2.75, 3.05) is 11.9 Å². The summed E-state index contributed by atoms with van der Waals surface area (Å²) < 4.78 is 24.5. The van der Waals surface area contributed by atoms with Crippen molar-refractivity contribution in [1.29, 1.82) is 5.26 Å². The third-order valence-corrected chi connectivity index (χ3v) is 4.64. The number of aromatic carboxylic acids is 1. The van der Waals surface area contributed by atoms with Gasteiger partial charge in [0.25, 0.3) is 5.91 Å². The van der Waals surface area contributed by atoms with E-state index >= 15 is 0 Å². The van der Waals surface area contributed by atoms with Gasteiger partial charge in [-0.2, -0.15) is 5.26 Å². The van der Waals surface area contributed by atoms with Crippen LogP contribution in [0.25, 0.3) is 6.08 Å². The first kappa shape index (κ1) is 24.0. The van der Waals surface area contributed by atoms with Gasteiger partial charge in [0.2, 0.25) is 0 Å². The lowest BCUT2D eigenvalue weighted by atomic mass is 10.1. The van der Waals surface area contributed by atoms with Gasteiger partial charge in [-0.3, -0.25) is 4.79 Å². The number of nitrogens with zero attached hydrogens (tertiary/aromatic N) is 1. The smallest absolute Gasteiger partial charge is 0.335 e. The molecule has 3 rings (SSSR count). The van der Waals surface area contributed by atoms with Crippen LogP contribution in [0.1, 0.15) is 28.4 Å². The van der Waals surface area contributed by atoms with E-state index in [-0.39, 0.29) is 17.7 Å². The summed E-state index contributed by atoms with van der Waals surface area (Å²) >= 11 is 0. The number of amides is 1. The van der Waals surface area contributed by atoms with Crippen LogP contribution in [0.15, 0.2) is 72.3 Å². The average Bonchev–Trinajstić information content (AvgIpc) is 2.83. The average molecular weight is 460 g/mol. The minimum Gasteiger partial charge on any atom is -0.490 e. The molecule has 0 spiro atoms. The molecule has 0 aliphatic carbocycles. The molecule has 8 heteroatoms. The summed E-state index contributed by atoms with van der Waals surface area (Å²) in [6.45, 7) is 2.37. The summed E-state index contributed by atoms with van der Waals surface area (Å²) in [5.74, 6) is -1.18. The predicted molar refractivity (Wildman–Crippen MR) is 124 cm³/mol. The summed E-state index contributed by atoms with van der Waals surface area (Å²) in [5, 5.41) is 21.0. The Morgan fingerprint density at radius 3 is 2.35 bits per heavy atom. The van der Waals surface area contributed by atoms with Crippen molar-refractivity contribution in [3.63, 3.8) is 0 Å². The lowest BCUT2D eigenvalue weighted by molar-refractivity contribution is -0.112. The fourth-order valence-electron chi connectivity index (χ4n) is 2.95. The van der Waals surface area contributed by atoms with Gasteiger partial charge in [0.1, 0.15) is 24.1 Å². The number of carboxylic acid groups (broad SMARTS) is 1. The molecule has 7 nitrogen and oxygen atoms in total. The number of carbonyl (C=O) groups is 2. The molecular formula is C26H21FN2O5. The highest BCUT2D eigenvalue weighted by atomic mass is 19.1. The number of hydrogen-bond acceptors (Lipinski definition) is 5. The third kappa shape index (κ3) is 6.43. The highest BCUT2D eigenvalue weighted by molar-refractivity contribution is 6.09. The normalized spacial score (nSPS) is 10.8. The molecule has 0 saturated carbocycles. The number of halogens is 1. The fraction of sp³-hybridized carbons (Fsp3) is 0.115. The summed E-state index contributed by atoms with van der Waals surface area (Å²) in [5.41, 5.74) is 1.74. The number of anilines is 1. The Hall–Kier alpha value is -4.64. The third-order valence-electron chi connectivity index (χ3n) is 4.64. The van der Waals surface area contributed by atoms with Gasteiger partial charge in [-0.05, 0) is 72.7 Å². The number of nitriles is 1. The van der Waals surface area contributed by atoms with E-state index in [4.69, 9.17) is 14.6 Å². The monoisotopic (exact) mass is 460 g/mol. The maximum absolute atomic E-state index is 13.0. The maximum atomic E-state index is 13.0. The number of rotatable bonds is 9. The van der Waals surface area contributed by atoms with Gasteiger partial charge in [-0.25, -0.2) is 9.18 Å². The molecule has 0 heterocycles. The molecule has 0 aromatic heterocycles. The first-order valence-corrected chi connectivity index (χ1v) is 10.3. The van der Waals surface area contributed by atoms with Crippen molar-refractivity contribution >= 4 is 23.6 Å². The van der Waals surface area contributed by atoms with Gasteiger partial charge in [-0.1, -0.05) is 18.2 Å². The van der Waals surface area contributed by atoms with E-state index in [1.165, 1.54) is 42.5 Å². The van der Waals surface area contributed by atoms with Gasteiger partial charge >= 0.3 is 5.97 Å². The minimum absolute atomic E-state index is 0.140. The largest absolute Gasteiger partial charge is 0.490 e. The number of ether oxygens (including phenoxy) is 2. The van der Waals surface area contributed by atoms with Crippen molar-refractivity contribution < 1.29 is 28.6 Å². The highest BCUT2D eigenvalue weighted by Crippen LogP contribution is 2.30. The zero-order chi connectivity index (χ0) is 24.5. The lowest BCUT2D eigenvalue weighted by Gasteiger charge is -2.13. The quantitative estimate of drug-likeness (QED) is 0.342. The molecule has 0 atom stereocenters. The van der Waals surface area contributed by atoms with Gasteiger partial charge in [0, 0.05) is 5.69 Å². The van der Waals surface area contributed by atoms with Gasteiger partial charge < -0.3 is 19.9 Å². The molecule has 0 fully saturated rings. The Morgan fingerprint density at radius 1 is 1.03 bits per heavy atom. The van der Waals surface area contributed by atoms with Crippen LogP contribution in [0, 0.1) is 17.1 Å². The predicted octanol–water partition coefficient (Wildman–Crippen LogP) is 5.05. The van der Waals surface area contributed by atoms with Crippen molar-refractivity contribution in [3.05, 3.63) is 94.8 Å². The second-order valence-electron chi connectivity index (χ2n) is 7.06. The van der Waals surface area contributed by atoms with E-state index in [2.05, 4.69) is 5.32 Å². The molecule has 0 saturated heterocycles. The molecule has 0 bridgehead atoms. The number of hydrogen-bond donors (Lipinski definition) is 2. The first-order valence-electron chi connectivity index (χ1n) is 10.3. The van der Waals surface area contributed by atoms with Crippen molar-refractivity contribution in [3.8, 4) is 17.6 Å². The molecule has 0 unspecified atom stereocenters. The Morgan fingerprint density at radius 2 is 1.74 bits per heavy atom. The Balaban J connectivity index is 1.75. The van der Waals surface area contributed by atoms with Crippen molar-refractivity contribution in [2.24, 2.45) is 0 Å². The van der Waals surface area contributed by atoms with Crippen LogP contribution < -0.4 is 14.8 Å². The SMILES string of the molecule is CCOc1cc(/C=C(\C#N)C(=O)Nc2ccc(F)cc2)ccc1OCc1ccc(C(=O)O)cc1. The zero-order valence-corrected chi connectivity index (χ0v) is 18.2. The Kier molecular flexibility index (Phi) is 7.97. The summed E-state index contributed by atoms with van der Waals surface area (Å²) in [6.07, 6.45) is 1.41. The van der Waals surface area contributed by atoms with E-state index in [0.29, 0.717) is 29.4 Å². The summed E-state index contributed by atoms with van der Waals surface area (Å²) in [4.78, 5) is 23.4.